The summed E-state index contributed by atoms with van der Waals surface area (Å²) < 4.78 is 1.97. The van der Waals surface area contributed by atoms with Crippen molar-refractivity contribution in [3.63, 3.8) is 0 Å². The van der Waals surface area contributed by atoms with Gasteiger partial charge in [-0.1, -0.05) is 48.5 Å². The molecular weight excluding hydrogens is 352 g/mol. The van der Waals surface area contributed by atoms with Crippen LogP contribution in [0.25, 0.3) is 16.9 Å². The van der Waals surface area contributed by atoms with Gasteiger partial charge < -0.3 is 0 Å². The fraction of sp³-hybridized carbons (Fsp3) is 0.182. The molecule has 0 N–H and O–H groups in total. The molecule has 0 radical (unpaired) electrons. The maximum absolute atomic E-state index is 4.89. The Morgan fingerprint density at radius 2 is 1.67 bits per heavy atom. The van der Waals surface area contributed by atoms with E-state index in [1.165, 1.54) is 5.56 Å². The van der Waals surface area contributed by atoms with Crippen molar-refractivity contribution in [2.75, 3.05) is 7.05 Å². The highest BCUT2D eigenvalue weighted by molar-refractivity contribution is 7.09. The van der Waals surface area contributed by atoms with E-state index in [9.17, 15) is 0 Å². The Morgan fingerprint density at radius 1 is 0.963 bits per heavy atom. The quantitative estimate of drug-likeness (QED) is 0.479. The van der Waals surface area contributed by atoms with Crippen LogP contribution in [0.2, 0.25) is 0 Å². The molecule has 0 unspecified atom stereocenters. The highest BCUT2D eigenvalue weighted by Crippen LogP contribution is 2.25. The molecule has 0 saturated heterocycles. The SMILES string of the molecule is Cc1csc(CN(C)Cc2cn(-c3ccccc3)nc2-c2ccccc2)n1. The molecule has 0 amide bonds. The summed E-state index contributed by atoms with van der Waals surface area (Å²) in [7, 11) is 2.13. The van der Waals surface area contributed by atoms with E-state index in [1.807, 2.05) is 35.9 Å². The zero-order chi connectivity index (χ0) is 18.6. The summed E-state index contributed by atoms with van der Waals surface area (Å²) in [5.74, 6) is 0. The van der Waals surface area contributed by atoms with Crippen LogP contribution in [-0.4, -0.2) is 26.7 Å². The minimum atomic E-state index is 0.815. The molecule has 0 aliphatic heterocycles. The van der Waals surface area contributed by atoms with Crippen LogP contribution in [-0.2, 0) is 13.1 Å². The molecule has 0 fully saturated rings. The fourth-order valence-corrected chi connectivity index (χ4v) is 3.98. The Morgan fingerprint density at radius 3 is 2.33 bits per heavy atom. The van der Waals surface area contributed by atoms with Gasteiger partial charge in [0.05, 0.1) is 17.9 Å². The first-order chi connectivity index (χ1) is 13.2. The smallest absolute Gasteiger partial charge is 0.107 e. The maximum Gasteiger partial charge on any atom is 0.107 e. The third-order valence-corrected chi connectivity index (χ3v) is 5.32. The highest BCUT2D eigenvalue weighted by atomic mass is 32.1. The predicted molar refractivity (Wildman–Crippen MR) is 111 cm³/mol. The van der Waals surface area contributed by atoms with Crippen LogP contribution in [0.5, 0.6) is 0 Å². The van der Waals surface area contributed by atoms with Gasteiger partial charge in [-0.25, -0.2) is 9.67 Å². The molecule has 0 saturated carbocycles. The van der Waals surface area contributed by atoms with Crippen LogP contribution in [0.3, 0.4) is 0 Å². The number of para-hydroxylation sites is 1. The second kappa shape index (κ2) is 7.86. The minimum absolute atomic E-state index is 0.815. The van der Waals surface area contributed by atoms with E-state index in [4.69, 9.17) is 5.10 Å². The van der Waals surface area contributed by atoms with Gasteiger partial charge in [-0.2, -0.15) is 5.10 Å². The van der Waals surface area contributed by atoms with Crippen LogP contribution >= 0.6 is 11.3 Å². The minimum Gasteiger partial charge on any atom is -0.295 e. The van der Waals surface area contributed by atoms with E-state index in [1.54, 1.807) is 11.3 Å². The average molecular weight is 375 g/mol. The summed E-state index contributed by atoms with van der Waals surface area (Å²) >= 11 is 1.72. The van der Waals surface area contributed by atoms with Gasteiger partial charge in [0.25, 0.3) is 0 Å². The zero-order valence-electron chi connectivity index (χ0n) is 15.5. The van der Waals surface area contributed by atoms with Gasteiger partial charge in [-0.05, 0) is 26.1 Å². The third-order valence-electron chi connectivity index (χ3n) is 4.37. The van der Waals surface area contributed by atoms with Crippen molar-refractivity contribution in [1.82, 2.24) is 19.7 Å². The van der Waals surface area contributed by atoms with Crippen molar-refractivity contribution in [3.8, 4) is 16.9 Å². The Bertz CT molecular complexity index is 1010. The Hall–Kier alpha value is -2.76. The third kappa shape index (κ3) is 4.15. The number of rotatable bonds is 6. The highest BCUT2D eigenvalue weighted by Gasteiger charge is 2.14. The summed E-state index contributed by atoms with van der Waals surface area (Å²) in [4.78, 5) is 6.87. The van der Waals surface area contributed by atoms with Crippen LogP contribution < -0.4 is 0 Å². The standard InChI is InChI=1S/C22H22N4S/c1-17-16-27-21(23-17)15-25(2)13-19-14-26(20-11-7-4-8-12-20)24-22(19)18-9-5-3-6-10-18/h3-12,14,16H,13,15H2,1-2H3. The Labute approximate surface area is 163 Å². The summed E-state index contributed by atoms with van der Waals surface area (Å²) in [5, 5.41) is 8.14. The molecule has 2 aromatic carbocycles. The van der Waals surface area contributed by atoms with Crippen LogP contribution in [0, 0.1) is 6.92 Å². The van der Waals surface area contributed by atoms with Crippen molar-refractivity contribution >= 4 is 11.3 Å². The Kier molecular flexibility index (Phi) is 5.14. The second-order valence-corrected chi connectivity index (χ2v) is 7.65. The van der Waals surface area contributed by atoms with Crippen molar-refractivity contribution < 1.29 is 0 Å². The summed E-state index contributed by atoms with van der Waals surface area (Å²) in [6, 6.07) is 20.6. The molecule has 0 atom stereocenters. The molecule has 5 heteroatoms. The molecular formula is C22H22N4S. The van der Waals surface area contributed by atoms with Gasteiger partial charge in [0.1, 0.15) is 5.01 Å². The predicted octanol–water partition coefficient (Wildman–Crippen LogP) is 4.94. The molecule has 4 nitrogen and oxygen atoms in total. The molecule has 4 aromatic rings. The van der Waals surface area contributed by atoms with Crippen molar-refractivity contribution in [2.24, 2.45) is 0 Å². The maximum atomic E-state index is 4.89. The first-order valence-corrected chi connectivity index (χ1v) is 9.86. The molecule has 2 heterocycles. The summed E-state index contributed by atoms with van der Waals surface area (Å²) in [6.07, 6.45) is 2.14. The van der Waals surface area contributed by atoms with Crippen molar-refractivity contribution in [1.29, 1.82) is 0 Å². The van der Waals surface area contributed by atoms with Gasteiger partial charge in [0.15, 0.2) is 0 Å². The Balaban J connectivity index is 1.64. The van der Waals surface area contributed by atoms with E-state index in [0.717, 1.165) is 40.7 Å². The molecule has 0 aliphatic carbocycles. The number of hydrogen-bond donors (Lipinski definition) is 0. The molecule has 2 aromatic heterocycles. The van der Waals surface area contributed by atoms with E-state index < -0.39 is 0 Å². The number of hydrogen-bond acceptors (Lipinski definition) is 4. The molecule has 0 aliphatic rings. The molecule has 4 rings (SSSR count). The molecule has 136 valence electrons. The zero-order valence-corrected chi connectivity index (χ0v) is 16.4. The van der Waals surface area contributed by atoms with E-state index in [-0.39, 0.29) is 0 Å². The number of thiazole rings is 1. The second-order valence-electron chi connectivity index (χ2n) is 6.70. The first kappa shape index (κ1) is 17.6. The lowest BCUT2D eigenvalue weighted by Crippen LogP contribution is -2.17. The summed E-state index contributed by atoms with van der Waals surface area (Å²) in [6.45, 7) is 3.69. The lowest BCUT2D eigenvalue weighted by atomic mass is 10.1. The van der Waals surface area contributed by atoms with E-state index in [2.05, 4.69) is 64.9 Å². The van der Waals surface area contributed by atoms with Crippen molar-refractivity contribution in [2.45, 2.75) is 20.0 Å². The van der Waals surface area contributed by atoms with Crippen LogP contribution in [0.1, 0.15) is 16.3 Å². The molecule has 0 bridgehead atoms. The average Bonchev–Trinajstić information content (AvgIpc) is 3.29. The van der Waals surface area contributed by atoms with Gasteiger partial charge >= 0.3 is 0 Å². The topological polar surface area (TPSA) is 34.0 Å². The molecule has 27 heavy (non-hydrogen) atoms. The number of benzene rings is 2. The largest absolute Gasteiger partial charge is 0.295 e. The van der Waals surface area contributed by atoms with Gasteiger partial charge in [0.2, 0.25) is 0 Å². The normalized spacial score (nSPS) is 11.2. The lowest BCUT2D eigenvalue weighted by molar-refractivity contribution is 0.319. The number of nitrogens with zero attached hydrogens (tertiary/aromatic N) is 4. The van der Waals surface area contributed by atoms with E-state index >= 15 is 0 Å². The molecule has 0 spiro atoms. The van der Waals surface area contributed by atoms with Gasteiger partial charge in [-0.3, -0.25) is 4.90 Å². The number of aromatic nitrogens is 3. The summed E-state index contributed by atoms with van der Waals surface area (Å²) in [5.41, 5.74) is 5.53. The van der Waals surface area contributed by atoms with Crippen LogP contribution in [0.4, 0.5) is 0 Å². The van der Waals surface area contributed by atoms with Crippen molar-refractivity contribution in [3.05, 3.63) is 88.5 Å². The monoisotopic (exact) mass is 374 g/mol. The van der Waals surface area contributed by atoms with Crippen LogP contribution in [0.15, 0.2) is 72.2 Å². The first-order valence-electron chi connectivity index (χ1n) is 8.98. The number of aryl methyl sites for hydroxylation is 1. The van der Waals surface area contributed by atoms with Gasteiger partial charge in [-0.15, -0.1) is 11.3 Å². The van der Waals surface area contributed by atoms with E-state index in [0.29, 0.717) is 0 Å². The van der Waals surface area contributed by atoms with Gasteiger partial charge in [0, 0.05) is 34.9 Å². The fourth-order valence-electron chi connectivity index (χ4n) is 3.13. The lowest BCUT2D eigenvalue weighted by Gasteiger charge is -2.14.